The van der Waals surface area contributed by atoms with E-state index in [1.807, 2.05) is 0 Å². The largest absolute Gasteiger partial charge is 0.447 e. The standard InChI is InChI=1S/C10H16N2O/c1-7-3-10(8(7)2)12-5-9-4-11-6-13-9/h4,6-8,10,12H,3,5H2,1-2H3. The predicted octanol–water partition coefficient (Wildman–Crippen LogP) is 1.81. The van der Waals surface area contributed by atoms with Crippen molar-refractivity contribution in [2.45, 2.75) is 32.9 Å². The Labute approximate surface area is 78.5 Å². The van der Waals surface area contributed by atoms with Crippen molar-refractivity contribution in [3.63, 3.8) is 0 Å². The second kappa shape index (κ2) is 3.50. The molecule has 0 radical (unpaired) electrons. The van der Waals surface area contributed by atoms with Crippen molar-refractivity contribution < 1.29 is 4.42 Å². The van der Waals surface area contributed by atoms with E-state index in [9.17, 15) is 0 Å². The first-order valence-electron chi connectivity index (χ1n) is 4.88. The minimum Gasteiger partial charge on any atom is -0.447 e. The van der Waals surface area contributed by atoms with Crippen LogP contribution in [0.5, 0.6) is 0 Å². The van der Waals surface area contributed by atoms with E-state index in [0.29, 0.717) is 6.04 Å². The highest BCUT2D eigenvalue weighted by Crippen LogP contribution is 2.33. The first kappa shape index (κ1) is 8.75. The van der Waals surface area contributed by atoms with Gasteiger partial charge in [-0.15, -0.1) is 0 Å². The van der Waals surface area contributed by atoms with Gasteiger partial charge in [-0.1, -0.05) is 13.8 Å². The lowest BCUT2D eigenvalue weighted by Crippen LogP contribution is -2.47. The maximum absolute atomic E-state index is 5.14. The van der Waals surface area contributed by atoms with Crippen LogP contribution in [-0.2, 0) is 6.54 Å². The second-order valence-electron chi connectivity index (χ2n) is 4.03. The maximum atomic E-state index is 5.14. The monoisotopic (exact) mass is 180 g/mol. The van der Waals surface area contributed by atoms with Gasteiger partial charge in [-0.3, -0.25) is 0 Å². The lowest BCUT2D eigenvalue weighted by atomic mass is 9.71. The highest BCUT2D eigenvalue weighted by molar-refractivity contribution is 4.93. The van der Waals surface area contributed by atoms with Crippen molar-refractivity contribution in [3.05, 3.63) is 18.4 Å². The molecule has 0 bridgehead atoms. The second-order valence-corrected chi connectivity index (χ2v) is 4.03. The molecule has 0 aromatic carbocycles. The molecule has 1 aliphatic carbocycles. The molecule has 1 fully saturated rings. The van der Waals surface area contributed by atoms with Gasteiger partial charge in [0.1, 0.15) is 5.76 Å². The predicted molar refractivity (Wildman–Crippen MR) is 50.1 cm³/mol. The van der Waals surface area contributed by atoms with Crippen molar-refractivity contribution in [1.82, 2.24) is 10.3 Å². The molecule has 13 heavy (non-hydrogen) atoms. The average Bonchev–Trinajstić information content (AvgIpc) is 2.64. The molecule has 0 amide bonds. The molecule has 1 saturated carbocycles. The molecule has 0 aliphatic heterocycles. The third-order valence-electron chi connectivity index (χ3n) is 3.18. The minimum absolute atomic E-state index is 0.667. The molecular formula is C10H16N2O. The molecule has 1 heterocycles. The summed E-state index contributed by atoms with van der Waals surface area (Å²) in [5.74, 6) is 2.59. The minimum atomic E-state index is 0.667. The topological polar surface area (TPSA) is 38.1 Å². The zero-order valence-electron chi connectivity index (χ0n) is 8.16. The molecule has 0 saturated heterocycles. The van der Waals surface area contributed by atoms with Crippen LogP contribution >= 0.6 is 0 Å². The molecule has 1 aromatic heterocycles. The molecular weight excluding hydrogens is 164 g/mol. The van der Waals surface area contributed by atoms with Crippen molar-refractivity contribution in [1.29, 1.82) is 0 Å². The van der Waals surface area contributed by atoms with Gasteiger partial charge in [0.05, 0.1) is 12.7 Å². The fourth-order valence-corrected chi connectivity index (χ4v) is 1.86. The van der Waals surface area contributed by atoms with Gasteiger partial charge < -0.3 is 9.73 Å². The Morgan fingerprint density at radius 2 is 2.46 bits per heavy atom. The summed E-state index contributed by atoms with van der Waals surface area (Å²) >= 11 is 0. The molecule has 3 heteroatoms. The molecule has 2 rings (SSSR count). The third kappa shape index (κ3) is 1.75. The zero-order chi connectivity index (χ0) is 9.26. The number of rotatable bonds is 3. The van der Waals surface area contributed by atoms with Gasteiger partial charge in [-0.2, -0.15) is 0 Å². The van der Waals surface area contributed by atoms with E-state index in [0.717, 1.165) is 24.1 Å². The molecule has 0 spiro atoms. The Bertz CT molecular complexity index is 258. The van der Waals surface area contributed by atoms with Crippen LogP contribution in [0.2, 0.25) is 0 Å². The SMILES string of the molecule is CC1CC(NCc2cnco2)C1C. The summed E-state index contributed by atoms with van der Waals surface area (Å²) in [4.78, 5) is 3.87. The zero-order valence-corrected chi connectivity index (χ0v) is 8.16. The summed E-state index contributed by atoms with van der Waals surface area (Å²) in [6, 6.07) is 0.667. The number of nitrogens with one attached hydrogen (secondary N) is 1. The van der Waals surface area contributed by atoms with E-state index in [2.05, 4.69) is 24.1 Å². The lowest BCUT2D eigenvalue weighted by Gasteiger charge is -2.41. The van der Waals surface area contributed by atoms with Gasteiger partial charge in [0.15, 0.2) is 6.39 Å². The number of nitrogens with zero attached hydrogens (tertiary/aromatic N) is 1. The molecule has 1 N–H and O–H groups in total. The lowest BCUT2D eigenvalue weighted by molar-refractivity contribution is 0.134. The third-order valence-corrected chi connectivity index (χ3v) is 3.18. The van der Waals surface area contributed by atoms with Gasteiger partial charge in [-0.05, 0) is 18.3 Å². The molecule has 1 aromatic rings. The van der Waals surface area contributed by atoms with Crippen LogP contribution in [0.3, 0.4) is 0 Å². The van der Waals surface area contributed by atoms with Crippen LogP contribution in [-0.4, -0.2) is 11.0 Å². The molecule has 3 unspecified atom stereocenters. The van der Waals surface area contributed by atoms with Crippen LogP contribution in [0, 0.1) is 11.8 Å². The highest BCUT2D eigenvalue weighted by Gasteiger charge is 2.33. The Balaban J connectivity index is 1.75. The Kier molecular flexibility index (Phi) is 2.36. The van der Waals surface area contributed by atoms with E-state index >= 15 is 0 Å². The van der Waals surface area contributed by atoms with Crippen LogP contribution < -0.4 is 5.32 Å². The fraction of sp³-hybridized carbons (Fsp3) is 0.700. The number of aromatic nitrogens is 1. The van der Waals surface area contributed by atoms with Crippen LogP contribution in [0.4, 0.5) is 0 Å². The van der Waals surface area contributed by atoms with Gasteiger partial charge in [0.2, 0.25) is 0 Å². The normalized spacial score (nSPS) is 32.9. The summed E-state index contributed by atoms with van der Waals surface area (Å²) < 4.78 is 5.14. The highest BCUT2D eigenvalue weighted by atomic mass is 16.3. The average molecular weight is 180 g/mol. The van der Waals surface area contributed by atoms with Gasteiger partial charge in [0.25, 0.3) is 0 Å². The number of hydrogen-bond acceptors (Lipinski definition) is 3. The maximum Gasteiger partial charge on any atom is 0.180 e. The Morgan fingerprint density at radius 1 is 1.62 bits per heavy atom. The van der Waals surface area contributed by atoms with E-state index in [1.54, 1.807) is 6.20 Å². The van der Waals surface area contributed by atoms with E-state index < -0.39 is 0 Å². The van der Waals surface area contributed by atoms with Crippen LogP contribution in [0.1, 0.15) is 26.0 Å². The van der Waals surface area contributed by atoms with Gasteiger partial charge in [0, 0.05) is 6.04 Å². The van der Waals surface area contributed by atoms with Crippen molar-refractivity contribution in [3.8, 4) is 0 Å². The molecule has 72 valence electrons. The number of oxazole rings is 1. The summed E-state index contributed by atoms with van der Waals surface area (Å²) in [6.45, 7) is 5.41. The summed E-state index contributed by atoms with van der Waals surface area (Å²) in [6.07, 6.45) is 4.53. The smallest absolute Gasteiger partial charge is 0.180 e. The van der Waals surface area contributed by atoms with Crippen molar-refractivity contribution in [2.24, 2.45) is 11.8 Å². The summed E-state index contributed by atoms with van der Waals surface area (Å²) in [5, 5.41) is 3.47. The Hall–Kier alpha value is -0.830. The van der Waals surface area contributed by atoms with E-state index in [-0.39, 0.29) is 0 Å². The van der Waals surface area contributed by atoms with Crippen LogP contribution in [0.25, 0.3) is 0 Å². The first-order chi connectivity index (χ1) is 6.27. The summed E-state index contributed by atoms with van der Waals surface area (Å²) in [5.41, 5.74) is 0. The number of hydrogen-bond donors (Lipinski definition) is 1. The summed E-state index contributed by atoms with van der Waals surface area (Å²) in [7, 11) is 0. The fourth-order valence-electron chi connectivity index (χ4n) is 1.86. The molecule has 1 aliphatic rings. The molecule has 3 nitrogen and oxygen atoms in total. The van der Waals surface area contributed by atoms with E-state index in [1.165, 1.54) is 12.8 Å². The van der Waals surface area contributed by atoms with Crippen molar-refractivity contribution in [2.75, 3.05) is 0 Å². The van der Waals surface area contributed by atoms with Crippen molar-refractivity contribution >= 4 is 0 Å². The van der Waals surface area contributed by atoms with Gasteiger partial charge in [-0.25, -0.2) is 4.98 Å². The van der Waals surface area contributed by atoms with Crippen LogP contribution in [0.15, 0.2) is 17.0 Å². The molecule has 3 atom stereocenters. The first-order valence-corrected chi connectivity index (χ1v) is 4.88. The van der Waals surface area contributed by atoms with E-state index in [4.69, 9.17) is 4.42 Å². The quantitative estimate of drug-likeness (QED) is 0.771. The Morgan fingerprint density at radius 3 is 3.00 bits per heavy atom. The van der Waals surface area contributed by atoms with Gasteiger partial charge >= 0.3 is 0 Å².